The van der Waals surface area contributed by atoms with Crippen LogP contribution in [0, 0.1) is 0 Å². The Morgan fingerprint density at radius 1 is 1.19 bits per heavy atom. The Morgan fingerprint density at radius 2 is 2.00 bits per heavy atom. The van der Waals surface area contributed by atoms with Crippen LogP contribution in [0.25, 0.3) is 0 Å². The Labute approximate surface area is 198 Å². The smallest absolute Gasteiger partial charge is 0.246 e. The van der Waals surface area contributed by atoms with Crippen LogP contribution in [0.15, 0.2) is 36.9 Å². The lowest BCUT2D eigenvalue weighted by Gasteiger charge is -2.40. The van der Waals surface area contributed by atoms with Gasteiger partial charge >= 0.3 is 0 Å². The summed E-state index contributed by atoms with van der Waals surface area (Å²) in [6.45, 7) is 3.40. The molecule has 1 aliphatic heterocycles. The first-order chi connectivity index (χ1) is 15.4. The number of nitrogens with zero attached hydrogens (tertiary/aromatic N) is 4. The molecule has 7 nitrogen and oxygen atoms in total. The number of amides is 2. The molecular weight excluding hydrogens is 451 g/mol. The fourth-order valence-corrected chi connectivity index (χ4v) is 4.44. The predicted octanol–water partition coefficient (Wildman–Crippen LogP) is 3.62. The molecule has 1 atom stereocenters. The SMILES string of the molecule is CCCC(=O)CC1C(=O)N(CCc2ccc(Cl)cc2Cl)CC(=O)N1CCCn1ccnc1. The Hall–Kier alpha value is -2.38. The topological polar surface area (TPSA) is 75.5 Å². The van der Waals surface area contributed by atoms with Crippen molar-refractivity contribution >= 4 is 40.8 Å². The largest absolute Gasteiger partial charge is 0.337 e. The molecule has 1 aromatic heterocycles. The molecule has 2 heterocycles. The predicted molar refractivity (Wildman–Crippen MR) is 124 cm³/mol. The first kappa shape index (κ1) is 24.3. The fourth-order valence-electron chi connectivity index (χ4n) is 3.94. The molecule has 0 aliphatic carbocycles. The van der Waals surface area contributed by atoms with E-state index in [0.717, 1.165) is 5.56 Å². The third-order valence-corrected chi connectivity index (χ3v) is 6.20. The Morgan fingerprint density at radius 3 is 2.69 bits per heavy atom. The molecule has 0 N–H and O–H groups in total. The third-order valence-electron chi connectivity index (χ3n) is 5.61. The molecule has 0 spiro atoms. The van der Waals surface area contributed by atoms with Crippen LogP contribution in [0.1, 0.15) is 38.2 Å². The molecule has 9 heteroatoms. The molecule has 0 bridgehead atoms. The number of hydrogen-bond donors (Lipinski definition) is 0. The highest BCUT2D eigenvalue weighted by molar-refractivity contribution is 6.35. The normalized spacial score (nSPS) is 16.7. The minimum Gasteiger partial charge on any atom is -0.337 e. The maximum absolute atomic E-state index is 13.3. The zero-order chi connectivity index (χ0) is 23.1. The van der Waals surface area contributed by atoms with Gasteiger partial charge in [0.15, 0.2) is 0 Å². The third kappa shape index (κ3) is 6.33. The summed E-state index contributed by atoms with van der Waals surface area (Å²) in [7, 11) is 0. The van der Waals surface area contributed by atoms with E-state index < -0.39 is 6.04 Å². The molecule has 1 unspecified atom stereocenters. The summed E-state index contributed by atoms with van der Waals surface area (Å²) in [5.41, 5.74) is 0.859. The van der Waals surface area contributed by atoms with Crippen LogP contribution in [0.4, 0.5) is 0 Å². The van der Waals surface area contributed by atoms with Gasteiger partial charge in [0.1, 0.15) is 11.8 Å². The second kappa shape index (κ2) is 11.5. The highest BCUT2D eigenvalue weighted by Gasteiger charge is 2.39. The monoisotopic (exact) mass is 478 g/mol. The molecule has 3 rings (SSSR count). The number of imidazole rings is 1. The molecule has 1 aromatic carbocycles. The number of piperazine rings is 1. The number of carbonyl (C=O) groups is 3. The van der Waals surface area contributed by atoms with Crippen molar-refractivity contribution in [3.8, 4) is 0 Å². The van der Waals surface area contributed by atoms with Crippen molar-refractivity contribution in [1.29, 1.82) is 0 Å². The van der Waals surface area contributed by atoms with Gasteiger partial charge in [0.05, 0.1) is 12.9 Å². The summed E-state index contributed by atoms with van der Waals surface area (Å²) < 4.78 is 1.93. The van der Waals surface area contributed by atoms with E-state index in [-0.39, 0.29) is 30.6 Å². The van der Waals surface area contributed by atoms with E-state index in [1.165, 1.54) is 0 Å². The quantitative estimate of drug-likeness (QED) is 0.494. The van der Waals surface area contributed by atoms with Gasteiger partial charge in [-0.2, -0.15) is 0 Å². The van der Waals surface area contributed by atoms with Gasteiger partial charge in [0.2, 0.25) is 11.8 Å². The van der Waals surface area contributed by atoms with Crippen molar-refractivity contribution in [2.45, 2.75) is 51.6 Å². The average Bonchev–Trinajstić information content (AvgIpc) is 3.26. The number of hydrogen-bond acceptors (Lipinski definition) is 4. The van der Waals surface area contributed by atoms with E-state index in [2.05, 4.69) is 4.98 Å². The van der Waals surface area contributed by atoms with Crippen LogP contribution in [-0.4, -0.2) is 62.6 Å². The van der Waals surface area contributed by atoms with Crippen LogP contribution in [0.2, 0.25) is 10.0 Å². The summed E-state index contributed by atoms with van der Waals surface area (Å²) in [6.07, 6.45) is 7.63. The van der Waals surface area contributed by atoms with Gasteiger partial charge in [-0.15, -0.1) is 0 Å². The summed E-state index contributed by atoms with van der Waals surface area (Å²) >= 11 is 12.2. The molecule has 2 amide bonds. The highest BCUT2D eigenvalue weighted by Crippen LogP contribution is 2.23. The molecule has 2 aromatic rings. The number of ketones is 1. The molecule has 32 heavy (non-hydrogen) atoms. The molecule has 1 saturated heterocycles. The van der Waals surface area contributed by atoms with E-state index in [1.54, 1.807) is 34.5 Å². The van der Waals surface area contributed by atoms with Crippen LogP contribution in [0.5, 0.6) is 0 Å². The van der Waals surface area contributed by atoms with E-state index in [1.807, 2.05) is 23.8 Å². The van der Waals surface area contributed by atoms with E-state index in [0.29, 0.717) is 55.4 Å². The zero-order valence-corrected chi connectivity index (χ0v) is 19.7. The van der Waals surface area contributed by atoms with Crippen LogP contribution < -0.4 is 0 Å². The van der Waals surface area contributed by atoms with Crippen molar-refractivity contribution < 1.29 is 14.4 Å². The Balaban J connectivity index is 1.68. The van der Waals surface area contributed by atoms with Gasteiger partial charge < -0.3 is 14.4 Å². The first-order valence-electron chi connectivity index (χ1n) is 10.9. The standard InChI is InChI=1S/C23H28Cl2N4O3/c1-2-4-19(30)14-21-23(32)28(11-7-17-5-6-18(24)13-20(17)25)15-22(31)29(21)10-3-9-27-12-8-26-16-27/h5-6,8,12-13,16,21H,2-4,7,9-11,14-15H2,1H3. The maximum Gasteiger partial charge on any atom is 0.246 e. The van der Waals surface area contributed by atoms with Gasteiger partial charge in [-0.3, -0.25) is 14.4 Å². The van der Waals surface area contributed by atoms with Gasteiger partial charge in [-0.1, -0.05) is 36.2 Å². The van der Waals surface area contributed by atoms with E-state index in [9.17, 15) is 14.4 Å². The lowest BCUT2D eigenvalue weighted by atomic mass is 10.0. The van der Waals surface area contributed by atoms with Crippen molar-refractivity contribution in [3.05, 3.63) is 52.5 Å². The molecule has 0 saturated carbocycles. The second-order valence-electron chi connectivity index (χ2n) is 8.00. The average molecular weight is 479 g/mol. The van der Waals surface area contributed by atoms with Gasteiger partial charge in [-0.25, -0.2) is 4.98 Å². The van der Waals surface area contributed by atoms with Gasteiger partial charge in [0.25, 0.3) is 0 Å². The van der Waals surface area contributed by atoms with Crippen LogP contribution >= 0.6 is 23.2 Å². The van der Waals surface area contributed by atoms with Crippen molar-refractivity contribution in [2.75, 3.05) is 19.6 Å². The van der Waals surface area contributed by atoms with Crippen molar-refractivity contribution in [2.24, 2.45) is 0 Å². The lowest BCUT2D eigenvalue weighted by Crippen LogP contribution is -2.60. The summed E-state index contributed by atoms with van der Waals surface area (Å²) in [5.74, 6) is -0.311. The molecular formula is C23H28Cl2N4O3. The number of rotatable bonds is 11. The van der Waals surface area contributed by atoms with Crippen molar-refractivity contribution in [1.82, 2.24) is 19.4 Å². The van der Waals surface area contributed by atoms with Crippen LogP contribution in [0.3, 0.4) is 0 Å². The van der Waals surface area contributed by atoms with E-state index in [4.69, 9.17) is 23.2 Å². The van der Waals surface area contributed by atoms with Crippen molar-refractivity contribution in [3.63, 3.8) is 0 Å². The Kier molecular flexibility index (Phi) is 8.70. The summed E-state index contributed by atoms with van der Waals surface area (Å²) in [6, 6.07) is 4.49. The minimum atomic E-state index is -0.751. The Bertz CT molecular complexity index is 949. The maximum atomic E-state index is 13.3. The van der Waals surface area contributed by atoms with E-state index >= 15 is 0 Å². The number of Topliss-reactive ketones (excluding diaryl/α,β-unsaturated/α-hetero) is 1. The minimum absolute atomic E-state index is 0.000792. The number of aromatic nitrogens is 2. The summed E-state index contributed by atoms with van der Waals surface area (Å²) in [5, 5.41) is 1.08. The summed E-state index contributed by atoms with van der Waals surface area (Å²) in [4.78, 5) is 45.8. The lowest BCUT2D eigenvalue weighted by molar-refractivity contribution is -0.157. The van der Waals surface area contributed by atoms with Gasteiger partial charge in [-0.05, 0) is 37.0 Å². The van der Waals surface area contributed by atoms with Crippen LogP contribution in [-0.2, 0) is 27.3 Å². The molecule has 1 aliphatic rings. The number of carbonyl (C=O) groups excluding carboxylic acids is 3. The number of aryl methyl sites for hydroxylation is 1. The second-order valence-corrected chi connectivity index (χ2v) is 8.84. The van der Waals surface area contributed by atoms with Gasteiger partial charge in [0, 0.05) is 54.9 Å². The zero-order valence-electron chi connectivity index (χ0n) is 18.2. The number of halogens is 2. The first-order valence-corrected chi connectivity index (χ1v) is 11.6. The molecule has 1 fully saturated rings. The molecule has 172 valence electrons. The fraction of sp³-hybridized carbons (Fsp3) is 0.478. The molecule has 0 radical (unpaired) electrons. The number of benzene rings is 1. The highest BCUT2D eigenvalue weighted by atomic mass is 35.5.